The van der Waals surface area contributed by atoms with Gasteiger partial charge in [-0.25, -0.2) is 0 Å². The van der Waals surface area contributed by atoms with Gasteiger partial charge in [0.25, 0.3) is 0 Å². The van der Waals surface area contributed by atoms with E-state index in [0.717, 1.165) is 0 Å². The number of rotatable bonds is 12. The number of hydrogen-bond acceptors (Lipinski definition) is 0. The predicted molar refractivity (Wildman–Crippen MR) is 164 cm³/mol. The zero-order valence-corrected chi connectivity index (χ0v) is 25.8. The summed E-state index contributed by atoms with van der Waals surface area (Å²) in [5, 5.41) is 6.16. The summed E-state index contributed by atoms with van der Waals surface area (Å²) in [6.45, 7) is 5.03. The molecule has 0 aliphatic carbocycles. The zero-order chi connectivity index (χ0) is 24.3. The quantitative estimate of drug-likeness (QED) is 0.115. The summed E-state index contributed by atoms with van der Waals surface area (Å²) in [6, 6.07) is 45.2. The van der Waals surface area contributed by atoms with Gasteiger partial charge in [-0.1, -0.05) is 0 Å². The molecular weight excluding hydrogens is 565 g/mol. The molecule has 0 heterocycles. The minimum atomic E-state index is -2.27. The van der Waals surface area contributed by atoms with E-state index in [2.05, 4.69) is 135 Å². The van der Waals surface area contributed by atoms with Gasteiger partial charge in [0.05, 0.1) is 0 Å². The maximum absolute atomic E-state index is 2.51. The molecule has 0 nitrogen and oxygen atoms in total. The van der Waals surface area contributed by atoms with Gasteiger partial charge in [-0.05, 0) is 0 Å². The van der Waals surface area contributed by atoms with Gasteiger partial charge in [-0.15, -0.1) is 0 Å². The molecule has 0 saturated carbocycles. The summed E-state index contributed by atoms with van der Waals surface area (Å²) in [6.07, 6.45) is 2.71. The SMILES string of the molecule is C[CH2][Sn]([CH2]C)([CH2]CP(c1ccccc1)c1ccccc1)[CH2]CP(c1ccccc1)c1ccccc1. The van der Waals surface area contributed by atoms with Gasteiger partial charge < -0.3 is 0 Å². The van der Waals surface area contributed by atoms with Crippen LogP contribution in [0.4, 0.5) is 0 Å². The van der Waals surface area contributed by atoms with E-state index in [1.165, 1.54) is 51.3 Å². The fraction of sp³-hybridized carbons (Fsp3) is 0.250. The van der Waals surface area contributed by atoms with Crippen molar-refractivity contribution >= 4 is 55.4 Å². The standard InChI is InChI=1S/2C14H14P.2C2H5.Sn/c2*1-2-15(13-9-5-3-6-10-13)14-11-7-4-8-12-14;2*1-2;/h2*3-12H,1-2H2;2*1H2,2H3;. The summed E-state index contributed by atoms with van der Waals surface area (Å²) in [5.74, 6) is 0. The first-order valence-electron chi connectivity index (χ1n) is 13.0. The molecule has 0 aliphatic heterocycles. The Morgan fingerprint density at radius 3 is 0.914 bits per heavy atom. The summed E-state index contributed by atoms with van der Waals surface area (Å²) >= 11 is -2.27. The van der Waals surface area contributed by atoms with Crippen molar-refractivity contribution in [1.82, 2.24) is 0 Å². The molecule has 0 spiro atoms. The molecule has 0 amide bonds. The van der Waals surface area contributed by atoms with Gasteiger partial charge in [0.1, 0.15) is 0 Å². The Hall–Kier alpha value is -1.46. The Kier molecular flexibility index (Phi) is 10.4. The fourth-order valence-electron chi connectivity index (χ4n) is 5.03. The summed E-state index contributed by atoms with van der Waals surface area (Å²) in [7, 11) is -0.565. The summed E-state index contributed by atoms with van der Waals surface area (Å²) in [4.78, 5) is 0. The molecule has 0 N–H and O–H groups in total. The molecule has 0 saturated heterocycles. The Labute approximate surface area is 219 Å². The van der Waals surface area contributed by atoms with Gasteiger partial charge in [0, 0.05) is 0 Å². The first-order chi connectivity index (χ1) is 17.2. The maximum atomic E-state index is 2.51. The third-order valence-corrected chi connectivity index (χ3v) is 31.0. The van der Waals surface area contributed by atoms with Gasteiger partial charge in [-0.2, -0.15) is 0 Å². The van der Waals surface area contributed by atoms with Crippen molar-refractivity contribution in [2.24, 2.45) is 0 Å². The molecule has 35 heavy (non-hydrogen) atoms. The van der Waals surface area contributed by atoms with Crippen LogP contribution < -0.4 is 21.2 Å². The van der Waals surface area contributed by atoms with Gasteiger partial charge >= 0.3 is 221 Å². The van der Waals surface area contributed by atoms with E-state index in [1.807, 2.05) is 0 Å². The van der Waals surface area contributed by atoms with Crippen molar-refractivity contribution in [3.63, 3.8) is 0 Å². The van der Waals surface area contributed by atoms with Crippen molar-refractivity contribution in [2.45, 2.75) is 31.6 Å². The van der Waals surface area contributed by atoms with E-state index in [4.69, 9.17) is 0 Å². The van der Waals surface area contributed by atoms with Crippen LogP contribution in [0.3, 0.4) is 0 Å². The molecule has 3 heteroatoms. The number of hydrogen-bond donors (Lipinski definition) is 0. The van der Waals surface area contributed by atoms with Crippen LogP contribution in [0.15, 0.2) is 121 Å². The van der Waals surface area contributed by atoms with Crippen molar-refractivity contribution in [3.05, 3.63) is 121 Å². The molecular formula is C32H38P2Sn. The molecule has 0 aliphatic rings. The van der Waals surface area contributed by atoms with E-state index in [9.17, 15) is 0 Å². The van der Waals surface area contributed by atoms with E-state index < -0.39 is 18.4 Å². The van der Waals surface area contributed by atoms with Crippen LogP contribution in [0.1, 0.15) is 13.8 Å². The first-order valence-corrected chi connectivity index (χ1v) is 24.1. The van der Waals surface area contributed by atoms with E-state index >= 15 is 0 Å². The van der Waals surface area contributed by atoms with E-state index in [1.54, 1.807) is 0 Å². The van der Waals surface area contributed by atoms with Gasteiger partial charge in [-0.3, -0.25) is 0 Å². The minimum absolute atomic E-state index is 0.283. The summed E-state index contributed by atoms with van der Waals surface area (Å²) < 4.78 is 5.93. The molecule has 4 aromatic rings. The average Bonchev–Trinajstić information content (AvgIpc) is 2.94. The third-order valence-electron chi connectivity index (χ3n) is 7.50. The molecule has 0 atom stereocenters. The molecule has 4 aromatic carbocycles. The van der Waals surface area contributed by atoms with Gasteiger partial charge in [0.15, 0.2) is 0 Å². The Morgan fingerprint density at radius 2 is 0.686 bits per heavy atom. The molecule has 0 aromatic heterocycles. The molecule has 4 rings (SSSR count). The topological polar surface area (TPSA) is 0 Å². The van der Waals surface area contributed by atoms with Crippen molar-refractivity contribution < 1.29 is 0 Å². The fourth-order valence-corrected chi connectivity index (χ4v) is 28.3. The second-order valence-corrected chi connectivity index (χ2v) is 29.5. The molecule has 0 fully saturated rings. The van der Waals surface area contributed by atoms with Crippen LogP contribution >= 0.6 is 15.8 Å². The van der Waals surface area contributed by atoms with Crippen LogP contribution in [0, 0.1) is 0 Å². The second-order valence-electron chi connectivity index (χ2n) is 9.35. The van der Waals surface area contributed by atoms with E-state index in [-0.39, 0.29) is 15.8 Å². The third kappa shape index (κ3) is 7.29. The molecule has 180 valence electrons. The van der Waals surface area contributed by atoms with E-state index in [0.29, 0.717) is 0 Å². The Bertz CT molecular complexity index is 945. The van der Waals surface area contributed by atoms with Crippen molar-refractivity contribution in [3.8, 4) is 0 Å². The van der Waals surface area contributed by atoms with Crippen LogP contribution in [-0.2, 0) is 0 Å². The molecule has 0 bridgehead atoms. The van der Waals surface area contributed by atoms with Crippen molar-refractivity contribution in [2.75, 3.05) is 12.3 Å². The van der Waals surface area contributed by atoms with Crippen LogP contribution in [0.25, 0.3) is 0 Å². The first kappa shape index (κ1) is 26.6. The van der Waals surface area contributed by atoms with Crippen LogP contribution in [-0.4, -0.2) is 30.7 Å². The monoisotopic (exact) mass is 604 g/mol. The van der Waals surface area contributed by atoms with Crippen LogP contribution in [0.5, 0.6) is 0 Å². The Balaban J connectivity index is 1.54. The summed E-state index contributed by atoms with van der Waals surface area (Å²) in [5.41, 5.74) is 0. The molecule has 0 unspecified atom stereocenters. The Morgan fingerprint density at radius 1 is 0.429 bits per heavy atom. The number of benzene rings is 4. The van der Waals surface area contributed by atoms with Gasteiger partial charge in [0.2, 0.25) is 0 Å². The van der Waals surface area contributed by atoms with Crippen molar-refractivity contribution in [1.29, 1.82) is 0 Å². The second kappa shape index (κ2) is 13.7. The zero-order valence-electron chi connectivity index (χ0n) is 21.2. The predicted octanol–water partition coefficient (Wildman–Crippen LogP) is 7.74. The molecule has 0 radical (unpaired) electrons. The van der Waals surface area contributed by atoms with Crippen LogP contribution in [0.2, 0.25) is 17.7 Å². The normalized spacial score (nSPS) is 11.8. The average molecular weight is 603 g/mol.